The van der Waals surface area contributed by atoms with Crippen LogP contribution < -0.4 is 4.90 Å². The number of hydrogen-bond donors (Lipinski definition) is 0. The van der Waals surface area contributed by atoms with Gasteiger partial charge in [-0.05, 0) is 60.5 Å². The van der Waals surface area contributed by atoms with E-state index >= 15 is 0 Å². The predicted molar refractivity (Wildman–Crippen MR) is 129 cm³/mol. The highest BCUT2D eigenvalue weighted by Crippen LogP contribution is 2.35. The van der Waals surface area contributed by atoms with Crippen LogP contribution in [0.15, 0.2) is 72.8 Å². The Bertz CT molecular complexity index is 1440. The van der Waals surface area contributed by atoms with Gasteiger partial charge in [0, 0.05) is 27.1 Å². The van der Waals surface area contributed by atoms with Gasteiger partial charge in [0.25, 0.3) is 11.8 Å². The van der Waals surface area contributed by atoms with E-state index < -0.39 is 5.91 Å². The molecule has 2 amide bonds. The fourth-order valence-corrected chi connectivity index (χ4v) is 4.23. The molecule has 0 saturated carbocycles. The fourth-order valence-electron chi connectivity index (χ4n) is 3.91. The normalized spacial score (nSPS) is 14.8. The Morgan fingerprint density at radius 2 is 1.56 bits per heavy atom. The molecule has 4 aromatic rings. The first-order valence-electron chi connectivity index (χ1n) is 9.95. The summed E-state index contributed by atoms with van der Waals surface area (Å²) in [6, 6.07) is 21.4. The number of halogens is 2. The smallest absolute Gasteiger partial charge is 0.265 e. The lowest BCUT2D eigenvalue weighted by atomic mass is 9.91. The van der Waals surface area contributed by atoms with E-state index in [-0.39, 0.29) is 5.91 Å². The van der Waals surface area contributed by atoms with Crippen molar-refractivity contribution >= 4 is 63.3 Å². The van der Waals surface area contributed by atoms with Gasteiger partial charge in [0.15, 0.2) is 0 Å². The molecule has 0 fully saturated rings. The van der Waals surface area contributed by atoms with Crippen LogP contribution in [-0.4, -0.2) is 16.8 Å². The number of hydrogen-bond acceptors (Lipinski definition) is 3. The number of anilines is 1. The van der Waals surface area contributed by atoms with Crippen molar-refractivity contribution in [1.29, 1.82) is 0 Å². The number of nitrogens with zero attached hydrogens (tertiary/aromatic N) is 2. The number of pyridine rings is 1. The van der Waals surface area contributed by atoms with E-state index in [1.54, 1.807) is 54.6 Å². The average Bonchev–Trinajstić information content (AvgIpc) is 2.79. The van der Waals surface area contributed by atoms with Gasteiger partial charge in [-0.2, -0.15) is 0 Å². The Morgan fingerprint density at radius 1 is 0.844 bits per heavy atom. The van der Waals surface area contributed by atoms with Gasteiger partial charge in [-0.3, -0.25) is 9.59 Å². The molecule has 1 aromatic heterocycles. The van der Waals surface area contributed by atoms with Crippen LogP contribution in [-0.2, 0) is 4.79 Å². The maximum atomic E-state index is 13.6. The number of rotatable bonds is 2. The van der Waals surface area contributed by atoms with E-state index in [1.807, 2.05) is 31.2 Å². The number of fused-ring (bicyclic) bond motifs is 2. The zero-order valence-electron chi connectivity index (χ0n) is 17.0. The lowest BCUT2D eigenvalue weighted by Crippen LogP contribution is -2.41. The predicted octanol–water partition coefficient (Wildman–Crippen LogP) is 6.58. The number of imide groups is 1. The van der Waals surface area contributed by atoms with Crippen LogP contribution in [0.3, 0.4) is 0 Å². The molecule has 0 N–H and O–H groups in total. The van der Waals surface area contributed by atoms with Gasteiger partial charge in [-0.1, -0.05) is 59.6 Å². The van der Waals surface area contributed by atoms with E-state index in [2.05, 4.69) is 4.98 Å². The van der Waals surface area contributed by atoms with Gasteiger partial charge >= 0.3 is 0 Å². The van der Waals surface area contributed by atoms with Crippen molar-refractivity contribution in [2.24, 2.45) is 0 Å². The molecule has 0 bridgehead atoms. The van der Waals surface area contributed by atoms with Gasteiger partial charge < -0.3 is 0 Å². The molecule has 1 aliphatic heterocycles. The Morgan fingerprint density at radius 3 is 2.31 bits per heavy atom. The lowest BCUT2D eigenvalue weighted by Gasteiger charge is -2.28. The summed E-state index contributed by atoms with van der Waals surface area (Å²) in [6.07, 6.45) is 1.70. The summed E-state index contributed by atoms with van der Waals surface area (Å²) in [4.78, 5) is 32.5. The summed E-state index contributed by atoms with van der Waals surface area (Å²) in [6.45, 7) is 1.97. The molecule has 156 valence electrons. The largest absolute Gasteiger partial charge is 0.268 e. The number of carbonyl (C=O) groups excluding carboxylic acids is 2. The number of aromatic nitrogens is 1. The maximum absolute atomic E-state index is 13.6. The summed E-state index contributed by atoms with van der Waals surface area (Å²) in [7, 11) is 0. The Labute approximate surface area is 194 Å². The number of amides is 2. The highest BCUT2D eigenvalue weighted by atomic mass is 35.5. The van der Waals surface area contributed by atoms with Gasteiger partial charge in [-0.15, -0.1) is 0 Å². The first-order chi connectivity index (χ1) is 15.4. The molecule has 3 aromatic carbocycles. The van der Waals surface area contributed by atoms with Crippen LogP contribution in [0, 0.1) is 6.92 Å². The summed E-state index contributed by atoms with van der Waals surface area (Å²) >= 11 is 12.5. The first-order valence-corrected chi connectivity index (χ1v) is 10.7. The third kappa shape index (κ3) is 3.38. The quantitative estimate of drug-likeness (QED) is 0.193. The molecular weight excluding hydrogens is 443 g/mol. The van der Waals surface area contributed by atoms with E-state index in [1.165, 1.54) is 0 Å². The molecule has 0 radical (unpaired) electrons. The minimum Gasteiger partial charge on any atom is -0.268 e. The van der Waals surface area contributed by atoms with Crippen LogP contribution in [0.5, 0.6) is 0 Å². The second-order valence-electron chi connectivity index (χ2n) is 7.54. The molecule has 0 saturated heterocycles. The summed E-state index contributed by atoms with van der Waals surface area (Å²) in [5, 5.41) is 1.73. The Kier molecular flexibility index (Phi) is 5.04. The van der Waals surface area contributed by atoms with E-state index in [4.69, 9.17) is 23.2 Å². The molecule has 0 aliphatic carbocycles. The van der Waals surface area contributed by atoms with Crippen molar-refractivity contribution in [3.8, 4) is 0 Å². The van der Waals surface area contributed by atoms with E-state index in [0.29, 0.717) is 38.1 Å². The van der Waals surface area contributed by atoms with Crippen molar-refractivity contribution in [2.45, 2.75) is 6.92 Å². The second-order valence-corrected chi connectivity index (χ2v) is 8.34. The monoisotopic (exact) mass is 458 g/mol. The van der Waals surface area contributed by atoms with E-state index in [0.717, 1.165) is 21.4 Å². The first kappa shape index (κ1) is 20.4. The molecule has 0 atom stereocenters. The zero-order chi connectivity index (χ0) is 22.4. The Hall–Kier alpha value is -3.47. The number of aryl methyl sites for hydroxylation is 1. The SMILES string of the molecule is Cc1cccc2cc(/C=C3\C(=O)N(c4ccc(Cl)cc4)C(=O)c4ccccc43)c(Cl)nc12. The molecule has 4 nitrogen and oxygen atoms in total. The van der Waals surface area contributed by atoms with Crippen molar-refractivity contribution in [3.63, 3.8) is 0 Å². The summed E-state index contributed by atoms with van der Waals surface area (Å²) in [5.41, 5.74) is 4.25. The lowest BCUT2D eigenvalue weighted by molar-refractivity contribution is -0.112. The third-order valence-corrected chi connectivity index (χ3v) is 6.05. The van der Waals surface area contributed by atoms with Gasteiger partial charge in [-0.25, -0.2) is 9.88 Å². The number of benzene rings is 3. The zero-order valence-corrected chi connectivity index (χ0v) is 18.5. The van der Waals surface area contributed by atoms with Crippen LogP contribution in [0.4, 0.5) is 5.69 Å². The van der Waals surface area contributed by atoms with E-state index in [9.17, 15) is 9.59 Å². The maximum Gasteiger partial charge on any atom is 0.265 e. The molecule has 0 spiro atoms. The van der Waals surface area contributed by atoms with Gasteiger partial charge in [0.05, 0.1) is 11.2 Å². The molecule has 1 aliphatic rings. The highest BCUT2D eigenvalue weighted by molar-refractivity contribution is 6.43. The van der Waals surface area contributed by atoms with Crippen LogP contribution in [0.2, 0.25) is 10.2 Å². The average molecular weight is 459 g/mol. The van der Waals surface area contributed by atoms with Gasteiger partial charge in [0.2, 0.25) is 0 Å². The molecule has 2 heterocycles. The van der Waals surface area contributed by atoms with Crippen LogP contribution in [0.1, 0.15) is 27.0 Å². The number of carbonyl (C=O) groups is 2. The molecule has 0 unspecified atom stereocenters. The summed E-state index contributed by atoms with van der Waals surface area (Å²) < 4.78 is 0. The molecular formula is C26H16Cl2N2O2. The Balaban J connectivity index is 1.71. The minimum atomic E-state index is -0.434. The minimum absolute atomic E-state index is 0.291. The topological polar surface area (TPSA) is 50.3 Å². The molecule has 5 rings (SSSR count). The fraction of sp³-hybridized carbons (Fsp3) is 0.0385. The number of para-hydroxylation sites is 1. The van der Waals surface area contributed by atoms with Crippen LogP contribution in [0.25, 0.3) is 22.6 Å². The second kappa shape index (κ2) is 7.90. The standard InChI is InChI=1S/C26H16Cl2N2O2/c1-15-5-4-6-16-13-17(24(28)29-23(15)16)14-22-20-7-2-3-8-21(20)25(31)30(26(22)32)19-11-9-18(27)10-12-19/h2-14H,1H3/b22-14-. The summed E-state index contributed by atoms with van der Waals surface area (Å²) in [5.74, 6) is -0.820. The highest BCUT2D eigenvalue weighted by Gasteiger charge is 2.35. The van der Waals surface area contributed by atoms with Crippen molar-refractivity contribution in [3.05, 3.63) is 105 Å². The van der Waals surface area contributed by atoms with Crippen molar-refractivity contribution in [2.75, 3.05) is 4.90 Å². The van der Waals surface area contributed by atoms with Crippen molar-refractivity contribution < 1.29 is 9.59 Å². The molecule has 6 heteroatoms. The van der Waals surface area contributed by atoms with Crippen molar-refractivity contribution in [1.82, 2.24) is 4.98 Å². The molecule has 32 heavy (non-hydrogen) atoms. The van der Waals surface area contributed by atoms with Gasteiger partial charge in [0.1, 0.15) is 5.15 Å². The van der Waals surface area contributed by atoms with Crippen LogP contribution >= 0.6 is 23.2 Å². The third-order valence-electron chi connectivity index (χ3n) is 5.50.